The molecule has 0 unspecified atom stereocenters. The van der Waals surface area contributed by atoms with Gasteiger partial charge in [0.05, 0.1) is 12.5 Å². The number of nitrogens with zero attached hydrogens (tertiary/aromatic N) is 1. The number of rotatable bonds is 6. The van der Waals surface area contributed by atoms with Crippen LogP contribution in [0.2, 0.25) is 5.02 Å². The average Bonchev–Trinajstić information content (AvgIpc) is 3.17. The van der Waals surface area contributed by atoms with Crippen LogP contribution in [-0.2, 0) is 6.61 Å². The number of nitrogens with one attached hydrogen (secondary N) is 1. The molecule has 0 radical (unpaired) electrons. The summed E-state index contributed by atoms with van der Waals surface area (Å²) in [7, 11) is 0. The van der Waals surface area contributed by atoms with Crippen molar-refractivity contribution in [2.24, 2.45) is 5.10 Å². The first-order valence-corrected chi connectivity index (χ1v) is 7.93. The van der Waals surface area contributed by atoms with Crippen molar-refractivity contribution in [2.75, 3.05) is 0 Å². The van der Waals surface area contributed by atoms with E-state index in [9.17, 15) is 4.79 Å². The molecule has 6 heteroatoms. The van der Waals surface area contributed by atoms with Crippen molar-refractivity contribution in [2.45, 2.75) is 6.61 Å². The fourth-order valence-corrected chi connectivity index (χ4v) is 2.21. The molecule has 0 saturated carbocycles. The van der Waals surface area contributed by atoms with Crippen LogP contribution in [0.25, 0.3) is 0 Å². The minimum atomic E-state index is -0.416. The molecule has 0 fully saturated rings. The van der Waals surface area contributed by atoms with Crippen molar-refractivity contribution in [1.29, 1.82) is 0 Å². The zero-order chi connectivity index (χ0) is 17.5. The molecule has 1 N–H and O–H groups in total. The summed E-state index contributed by atoms with van der Waals surface area (Å²) in [5.41, 5.74) is 4.16. The molecule has 5 nitrogen and oxygen atoms in total. The first-order chi connectivity index (χ1) is 12.2. The Kier molecular flexibility index (Phi) is 5.49. The Morgan fingerprint density at radius 2 is 1.92 bits per heavy atom. The Labute approximate surface area is 149 Å². The molecular formula is C19H15ClN2O3. The van der Waals surface area contributed by atoms with Crippen LogP contribution in [-0.4, -0.2) is 12.1 Å². The first kappa shape index (κ1) is 16.8. The number of carbonyl (C=O) groups is 1. The molecule has 0 aliphatic rings. The smallest absolute Gasteiger partial charge is 0.307 e. The lowest BCUT2D eigenvalue weighted by Gasteiger charge is -2.09. The zero-order valence-electron chi connectivity index (χ0n) is 13.2. The van der Waals surface area contributed by atoms with Gasteiger partial charge in [-0.25, -0.2) is 5.43 Å². The normalized spacial score (nSPS) is 10.8. The van der Waals surface area contributed by atoms with Gasteiger partial charge in [0, 0.05) is 10.6 Å². The van der Waals surface area contributed by atoms with E-state index >= 15 is 0 Å². The van der Waals surface area contributed by atoms with Gasteiger partial charge in [-0.2, -0.15) is 5.10 Å². The lowest BCUT2D eigenvalue weighted by molar-refractivity contribution is 0.0927. The molecule has 25 heavy (non-hydrogen) atoms. The van der Waals surface area contributed by atoms with Crippen molar-refractivity contribution in [3.8, 4) is 5.75 Å². The third-order valence-corrected chi connectivity index (χ3v) is 3.59. The summed E-state index contributed by atoms with van der Waals surface area (Å²) < 4.78 is 10.8. The predicted octanol–water partition coefficient (Wildman–Crippen LogP) is 4.28. The number of benzene rings is 2. The topological polar surface area (TPSA) is 63.8 Å². The van der Waals surface area contributed by atoms with E-state index in [4.69, 9.17) is 20.8 Å². The summed E-state index contributed by atoms with van der Waals surface area (Å²) in [6, 6.07) is 18.1. The lowest BCUT2D eigenvalue weighted by atomic mass is 10.2. The Morgan fingerprint density at radius 3 is 2.68 bits per heavy atom. The van der Waals surface area contributed by atoms with Crippen molar-refractivity contribution >= 4 is 23.7 Å². The fraction of sp³-hybridized carbons (Fsp3) is 0.0526. The van der Waals surface area contributed by atoms with Crippen LogP contribution in [0.4, 0.5) is 0 Å². The number of amides is 1. The van der Waals surface area contributed by atoms with E-state index in [2.05, 4.69) is 10.5 Å². The number of furan rings is 1. The Balaban J connectivity index is 1.63. The van der Waals surface area contributed by atoms with Crippen LogP contribution in [0.5, 0.6) is 5.75 Å². The van der Waals surface area contributed by atoms with Crippen molar-refractivity contribution in [3.05, 3.63) is 88.8 Å². The zero-order valence-corrected chi connectivity index (χ0v) is 13.9. The summed E-state index contributed by atoms with van der Waals surface area (Å²) >= 11 is 5.87. The highest BCUT2D eigenvalue weighted by atomic mass is 35.5. The van der Waals surface area contributed by atoms with E-state index in [0.717, 1.165) is 11.1 Å². The van der Waals surface area contributed by atoms with Crippen molar-refractivity contribution < 1.29 is 13.9 Å². The number of para-hydroxylation sites is 1. The first-order valence-electron chi connectivity index (χ1n) is 7.55. The Bertz CT molecular complexity index is 859. The molecule has 2 aromatic carbocycles. The molecule has 0 saturated heterocycles. The van der Waals surface area contributed by atoms with Gasteiger partial charge in [-0.15, -0.1) is 0 Å². The molecular weight excluding hydrogens is 340 g/mol. The van der Waals surface area contributed by atoms with Gasteiger partial charge in [0.2, 0.25) is 0 Å². The molecule has 3 rings (SSSR count). The summed E-state index contributed by atoms with van der Waals surface area (Å²) in [6.45, 7) is 0.404. The maximum atomic E-state index is 11.8. The number of carbonyl (C=O) groups excluding carboxylic acids is 1. The van der Waals surface area contributed by atoms with Gasteiger partial charge in [-0.3, -0.25) is 4.79 Å². The monoisotopic (exact) mass is 354 g/mol. The summed E-state index contributed by atoms with van der Waals surface area (Å²) in [5, 5.41) is 4.63. The van der Waals surface area contributed by atoms with E-state index in [-0.39, 0.29) is 5.76 Å². The van der Waals surface area contributed by atoms with E-state index < -0.39 is 5.91 Å². The van der Waals surface area contributed by atoms with Crippen molar-refractivity contribution in [1.82, 2.24) is 5.43 Å². The van der Waals surface area contributed by atoms with Gasteiger partial charge in [-0.1, -0.05) is 35.9 Å². The summed E-state index contributed by atoms with van der Waals surface area (Å²) in [6.07, 6.45) is 2.95. The maximum Gasteiger partial charge on any atom is 0.307 e. The standard InChI is InChI=1S/C19H15ClN2O3/c20-16-9-7-14(8-10-16)13-25-17-5-2-1-4-15(17)12-21-22-19(23)18-6-3-11-24-18/h1-12H,13H2,(H,22,23)/b21-12+. The van der Waals surface area contributed by atoms with E-state index in [1.165, 1.54) is 12.5 Å². The van der Waals surface area contributed by atoms with E-state index in [1.54, 1.807) is 12.1 Å². The molecule has 0 bridgehead atoms. The molecule has 126 valence electrons. The van der Waals surface area contributed by atoms with Crippen LogP contribution in [0, 0.1) is 0 Å². The number of ether oxygens (including phenoxy) is 1. The molecule has 1 aromatic heterocycles. The van der Waals surface area contributed by atoms with Gasteiger partial charge in [0.25, 0.3) is 0 Å². The van der Waals surface area contributed by atoms with Crippen LogP contribution in [0.3, 0.4) is 0 Å². The van der Waals surface area contributed by atoms with E-state index in [0.29, 0.717) is 17.4 Å². The molecule has 3 aromatic rings. The lowest BCUT2D eigenvalue weighted by Crippen LogP contribution is -2.16. The van der Waals surface area contributed by atoms with Crippen LogP contribution in [0.1, 0.15) is 21.7 Å². The van der Waals surface area contributed by atoms with Gasteiger partial charge < -0.3 is 9.15 Å². The van der Waals surface area contributed by atoms with Gasteiger partial charge >= 0.3 is 5.91 Å². The third-order valence-electron chi connectivity index (χ3n) is 3.34. The SMILES string of the molecule is O=C(N/N=C/c1ccccc1OCc1ccc(Cl)cc1)c1ccco1. The Morgan fingerprint density at radius 1 is 1.12 bits per heavy atom. The quantitative estimate of drug-likeness (QED) is 0.531. The van der Waals surface area contributed by atoms with Crippen LogP contribution >= 0.6 is 11.6 Å². The third kappa shape index (κ3) is 4.71. The molecule has 0 aliphatic carbocycles. The second-order valence-corrected chi connectivity index (χ2v) is 5.57. The van der Waals surface area contributed by atoms with Gasteiger partial charge in [-0.05, 0) is 42.0 Å². The largest absolute Gasteiger partial charge is 0.488 e. The molecule has 0 spiro atoms. The molecule has 1 amide bonds. The predicted molar refractivity (Wildman–Crippen MR) is 96.0 cm³/mol. The fourth-order valence-electron chi connectivity index (χ4n) is 2.08. The maximum absolute atomic E-state index is 11.8. The highest BCUT2D eigenvalue weighted by Gasteiger charge is 2.06. The highest BCUT2D eigenvalue weighted by Crippen LogP contribution is 2.18. The van der Waals surface area contributed by atoms with Crippen LogP contribution < -0.4 is 10.2 Å². The van der Waals surface area contributed by atoms with Crippen molar-refractivity contribution in [3.63, 3.8) is 0 Å². The van der Waals surface area contributed by atoms with Gasteiger partial charge in [0.15, 0.2) is 5.76 Å². The minimum Gasteiger partial charge on any atom is -0.488 e. The van der Waals surface area contributed by atoms with E-state index in [1.807, 2.05) is 48.5 Å². The highest BCUT2D eigenvalue weighted by molar-refractivity contribution is 6.30. The number of hydrazone groups is 1. The molecule has 0 aliphatic heterocycles. The summed E-state index contributed by atoms with van der Waals surface area (Å²) in [4.78, 5) is 11.8. The Hall–Kier alpha value is -3.05. The number of halogens is 1. The van der Waals surface area contributed by atoms with Crippen LogP contribution in [0.15, 0.2) is 76.4 Å². The number of hydrogen-bond donors (Lipinski definition) is 1. The minimum absolute atomic E-state index is 0.199. The average molecular weight is 355 g/mol. The molecule has 1 heterocycles. The number of hydrogen-bond acceptors (Lipinski definition) is 4. The molecule has 0 atom stereocenters. The second kappa shape index (κ2) is 8.17. The summed E-state index contributed by atoms with van der Waals surface area (Å²) in [5.74, 6) is 0.443. The van der Waals surface area contributed by atoms with Gasteiger partial charge in [0.1, 0.15) is 12.4 Å². The second-order valence-electron chi connectivity index (χ2n) is 5.13.